The Kier molecular flexibility index (Phi) is 6.91. The molecule has 1 aliphatic rings. The van der Waals surface area contributed by atoms with Crippen LogP contribution in [0.1, 0.15) is 40.7 Å². The monoisotopic (exact) mass is 557 g/mol. The molecule has 13 heteroatoms. The van der Waals surface area contributed by atoms with E-state index in [-0.39, 0.29) is 52.4 Å². The molecule has 39 heavy (non-hydrogen) atoms. The highest BCUT2D eigenvalue weighted by atomic mass is 35.5. The normalized spacial score (nSPS) is 14.9. The lowest BCUT2D eigenvalue weighted by Crippen LogP contribution is -2.70. The van der Waals surface area contributed by atoms with Crippen LogP contribution in [0, 0.1) is 25.5 Å². The molecule has 1 fully saturated rings. The number of nitrogens with zero attached hydrogens (tertiary/aromatic N) is 3. The first-order chi connectivity index (χ1) is 18.6. The number of aromatic nitrogens is 3. The second kappa shape index (κ2) is 10.2. The number of hydrogen-bond acceptors (Lipinski definition) is 8. The summed E-state index contributed by atoms with van der Waals surface area (Å²) in [4.78, 5) is 29.8. The van der Waals surface area contributed by atoms with Gasteiger partial charge in [-0.1, -0.05) is 34.0 Å². The van der Waals surface area contributed by atoms with Crippen LogP contribution < -0.4 is 10.6 Å². The van der Waals surface area contributed by atoms with Gasteiger partial charge in [0, 0.05) is 23.6 Å². The van der Waals surface area contributed by atoms with Crippen molar-refractivity contribution in [2.75, 3.05) is 13.2 Å². The van der Waals surface area contributed by atoms with Crippen LogP contribution in [0.25, 0.3) is 22.5 Å². The third kappa shape index (κ3) is 5.12. The molecule has 1 atom stereocenters. The fraction of sp³-hybridized carbons (Fsp3) is 0.269. The van der Waals surface area contributed by atoms with Crippen molar-refractivity contribution in [3.63, 3.8) is 0 Å². The summed E-state index contributed by atoms with van der Waals surface area (Å²) in [5, 5.41) is 12.9. The van der Waals surface area contributed by atoms with Crippen molar-refractivity contribution in [1.82, 2.24) is 25.9 Å². The highest BCUT2D eigenvalue weighted by Gasteiger charge is 2.48. The second-order valence-electron chi connectivity index (χ2n) is 9.24. The molecular weight excluding hydrogens is 536 g/mol. The van der Waals surface area contributed by atoms with Gasteiger partial charge in [-0.05, 0) is 43.2 Å². The minimum absolute atomic E-state index is 0.00247. The maximum Gasteiger partial charge on any atom is 0.290 e. The van der Waals surface area contributed by atoms with E-state index in [1.54, 1.807) is 26.8 Å². The van der Waals surface area contributed by atoms with Crippen LogP contribution in [0.2, 0.25) is 5.02 Å². The van der Waals surface area contributed by atoms with Gasteiger partial charge in [-0.25, -0.2) is 8.78 Å². The number of aryl methyl sites for hydroxylation is 2. The zero-order valence-corrected chi connectivity index (χ0v) is 21.7. The molecule has 1 saturated heterocycles. The predicted octanol–water partition coefficient (Wildman–Crippen LogP) is 4.32. The second-order valence-corrected chi connectivity index (χ2v) is 9.68. The Morgan fingerprint density at radius 1 is 1.05 bits per heavy atom. The van der Waals surface area contributed by atoms with Crippen molar-refractivity contribution in [1.29, 1.82) is 0 Å². The molecule has 202 valence electrons. The van der Waals surface area contributed by atoms with Crippen LogP contribution >= 0.6 is 11.6 Å². The summed E-state index contributed by atoms with van der Waals surface area (Å²) in [5.74, 6) is -2.35. The Hall–Kier alpha value is -4.16. The Morgan fingerprint density at radius 3 is 2.41 bits per heavy atom. The van der Waals surface area contributed by atoms with Gasteiger partial charge in [-0.2, -0.15) is 4.98 Å². The number of hydrogen-bond donors (Lipinski definition) is 2. The third-order valence-corrected chi connectivity index (χ3v) is 6.49. The lowest BCUT2D eigenvalue weighted by Gasteiger charge is -2.40. The molecular formula is C26H22ClF2N5O5. The highest BCUT2D eigenvalue weighted by Crippen LogP contribution is 2.36. The van der Waals surface area contributed by atoms with E-state index >= 15 is 4.39 Å². The average Bonchev–Trinajstić information content (AvgIpc) is 3.48. The number of nitrogens with one attached hydrogen (secondary N) is 2. The largest absolute Gasteiger partial charge is 0.375 e. The maximum atomic E-state index is 15.4. The van der Waals surface area contributed by atoms with E-state index in [0.29, 0.717) is 11.3 Å². The lowest BCUT2D eigenvalue weighted by molar-refractivity contribution is -0.147. The topological polar surface area (TPSA) is 132 Å². The molecule has 2 aromatic heterocycles. The van der Waals surface area contributed by atoms with E-state index in [9.17, 15) is 14.0 Å². The molecule has 10 nitrogen and oxygen atoms in total. The molecule has 0 radical (unpaired) electrons. The van der Waals surface area contributed by atoms with Crippen LogP contribution in [0.3, 0.4) is 0 Å². The smallest absolute Gasteiger partial charge is 0.290 e. The summed E-state index contributed by atoms with van der Waals surface area (Å²) >= 11 is 6.09. The minimum Gasteiger partial charge on any atom is -0.375 e. The molecule has 0 unspecified atom stereocenters. The predicted molar refractivity (Wildman–Crippen MR) is 134 cm³/mol. The Balaban J connectivity index is 1.37. The Labute approximate surface area is 225 Å². The first kappa shape index (κ1) is 26.4. The summed E-state index contributed by atoms with van der Waals surface area (Å²) in [7, 11) is 0. The molecule has 0 spiro atoms. The Morgan fingerprint density at radius 2 is 1.82 bits per heavy atom. The van der Waals surface area contributed by atoms with Crippen LogP contribution in [-0.4, -0.2) is 45.9 Å². The zero-order chi connectivity index (χ0) is 27.9. The molecule has 2 aromatic carbocycles. The lowest BCUT2D eigenvalue weighted by atomic mass is 9.93. The van der Waals surface area contributed by atoms with Gasteiger partial charge in [0.15, 0.2) is 5.54 Å². The summed E-state index contributed by atoms with van der Waals surface area (Å²) in [5.41, 5.74) is -0.0890. The first-order valence-electron chi connectivity index (χ1n) is 11.8. The Bertz CT molecular complexity index is 1580. The molecule has 1 aliphatic heterocycles. The van der Waals surface area contributed by atoms with Crippen molar-refractivity contribution in [3.8, 4) is 22.5 Å². The zero-order valence-electron chi connectivity index (χ0n) is 21.0. The number of amides is 2. The van der Waals surface area contributed by atoms with Crippen LogP contribution in [0.15, 0.2) is 45.4 Å². The van der Waals surface area contributed by atoms with Crippen molar-refractivity contribution in [3.05, 3.63) is 76.0 Å². The van der Waals surface area contributed by atoms with Gasteiger partial charge >= 0.3 is 0 Å². The number of carbonyl (C=O) groups excluding carboxylic acids is 2. The molecule has 0 saturated carbocycles. The number of carbonyl (C=O) groups is 2. The molecule has 4 aromatic rings. The van der Waals surface area contributed by atoms with E-state index < -0.39 is 35.0 Å². The number of halogens is 3. The fourth-order valence-corrected chi connectivity index (χ4v) is 4.41. The van der Waals surface area contributed by atoms with E-state index in [0.717, 1.165) is 6.07 Å². The third-order valence-electron chi connectivity index (χ3n) is 6.27. The van der Waals surface area contributed by atoms with Crippen LogP contribution in [0.5, 0.6) is 0 Å². The van der Waals surface area contributed by atoms with E-state index in [1.165, 1.54) is 24.3 Å². The molecule has 3 heterocycles. The first-order valence-corrected chi connectivity index (χ1v) is 12.2. The summed E-state index contributed by atoms with van der Waals surface area (Å²) < 4.78 is 45.4. The number of benzene rings is 2. The molecule has 5 rings (SSSR count). The molecule has 0 aliphatic carbocycles. The average molecular weight is 558 g/mol. The quantitative estimate of drug-likeness (QED) is 0.343. The van der Waals surface area contributed by atoms with Crippen LogP contribution in [0.4, 0.5) is 8.78 Å². The fourth-order valence-electron chi connectivity index (χ4n) is 4.20. The van der Waals surface area contributed by atoms with Crippen molar-refractivity contribution in [2.24, 2.45) is 0 Å². The van der Waals surface area contributed by atoms with Gasteiger partial charge in [0.2, 0.25) is 17.5 Å². The summed E-state index contributed by atoms with van der Waals surface area (Å²) in [6, 6.07) is 7.48. The number of rotatable bonds is 7. The van der Waals surface area contributed by atoms with Gasteiger partial charge in [-0.15, -0.1) is 0 Å². The number of ether oxygens (including phenoxy) is 1. The van der Waals surface area contributed by atoms with Gasteiger partial charge in [0.05, 0.1) is 30.5 Å². The molecule has 2 amide bonds. The van der Waals surface area contributed by atoms with Crippen molar-refractivity contribution in [2.45, 2.75) is 32.4 Å². The van der Waals surface area contributed by atoms with Gasteiger partial charge in [0.25, 0.3) is 11.8 Å². The van der Waals surface area contributed by atoms with Crippen LogP contribution in [-0.2, 0) is 9.53 Å². The molecule has 0 bridgehead atoms. The molecule has 2 N–H and O–H groups in total. The standard InChI is InChI=1S/C26H22ClF2N5O5/c1-12-6-21(39-33-12)24(35)32-26(10-37-11-26)25(36)30-13(2)17-5-4-15(7-19(17)28)18-8-16(27)9-20(29)22(18)23-31-14(3)38-34-23/h4-9,13H,10-11H2,1-3H3,(H,30,36)(H,32,35)/t13-/m1/s1. The van der Waals surface area contributed by atoms with E-state index in [4.69, 9.17) is 25.4 Å². The SMILES string of the molecule is Cc1cc(C(=O)NC2(C(=O)N[C@H](C)c3ccc(-c4cc(Cl)cc(F)c4-c4noc(C)n4)cc3F)COC2)on1. The van der Waals surface area contributed by atoms with Crippen molar-refractivity contribution >= 4 is 23.4 Å². The van der Waals surface area contributed by atoms with E-state index in [1.807, 2.05) is 0 Å². The highest BCUT2D eigenvalue weighted by molar-refractivity contribution is 6.31. The minimum atomic E-state index is -1.35. The van der Waals surface area contributed by atoms with Gasteiger partial charge < -0.3 is 24.4 Å². The summed E-state index contributed by atoms with van der Waals surface area (Å²) in [6.07, 6.45) is 0. The van der Waals surface area contributed by atoms with Crippen molar-refractivity contribution < 1.29 is 32.2 Å². The maximum absolute atomic E-state index is 15.4. The van der Waals surface area contributed by atoms with Gasteiger partial charge in [0.1, 0.15) is 11.6 Å². The summed E-state index contributed by atoms with van der Waals surface area (Å²) in [6.45, 7) is 4.69. The van der Waals surface area contributed by atoms with E-state index in [2.05, 4.69) is 25.9 Å². The van der Waals surface area contributed by atoms with Gasteiger partial charge in [-0.3, -0.25) is 9.59 Å².